The predicted octanol–water partition coefficient (Wildman–Crippen LogP) is 2.51. The maximum Gasteiger partial charge on any atom is 0.256 e. The Morgan fingerprint density at radius 1 is 1.45 bits per heavy atom. The zero-order valence-corrected chi connectivity index (χ0v) is 11.7. The summed E-state index contributed by atoms with van der Waals surface area (Å²) in [6, 6.07) is 3.59. The van der Waals surface area contributed by atoms with Crippen molar-refractivity contribution in [2.45, 2.75) is 19.5 Å². The molecule has 0 saturated heterocycles. The van der Waals surface area contributed by atoms with Crippen molar-refractivity contribution >= 4 is 22.2 Å². The minimum absolute atomic E-state index is 0.0388. The molecule has 0 N–H and O–H groups in total. The molecule has 6 heteroatoms. The molecular formula is C14H12N4OS. The van der Waals surface area contributed by atoms with Crippen molar-refractivity contribution in [2.75, 3.05) is 0 Å². The van der Waals surface area contributed by atoms with E-state index in [0.29, 0.717) is 12.1 Å². The van der Waals surface area contributed by atoms with Crippen LogP contribution < -0.4 is 0 Å². The van der Waals surface area contributed by atoms with Gasteiger partial charge in [-0.25, -0.2) is 4.98 Å². The number of hydrogen-bond acceptors (Lipinski definition) is 4. The first-order valence-electron chi connectivity index (χ1n) is 6.41. The van der Waals surface area contributed by atoms with E-state index in [4.69, 9.17) is 0 Å². The molecule has 1 aliphatic rings. The lowest BCUT2D eigenvalue weighted by molar-refractivity contribution is 0.0712. The molecule has 0 unspecified atom stereocenters. The smallest absolute Gasteiger partial charge is 0.256 e. The highest BCUT2D eigenvalue weighted by Gasteiger charge is 2.33. The van der Waals surface area contributed by atoms with Crippen LogP contribution >= 0.6 is 11.3 Å². The minimum atomic E-state index is -0.0520. The van der Waals surface area contributed by atoms with Crippen molar-refractivity contribution in [3.05, 3.63) is 53.1 Å². The second-order valence-electron chi connectivity index (χ2n) is 4.87. The first-order chi connectivity index (χ1) is 9.74. The van der Waals surface area contributed by atoms with Gasteiger partial charge in [-0.2, -0.15) is 0 Å². The molecule has 0 bridgehead atoms. The van der Waals surface area contributed by atoms with Crippen molar-refractivity contribution in [1.82, 2.24) is 19.3 Å². The number of thiazole rings is 1. The van der Waals surface area contributed by atoms with Crippen molar-refractivity contribution < 1.29 is 4.79 Å². The van der Waals surface area contributed by atoms with Gasteiger partial charge in [-0.1, -0.05) is 0 Å². The Labute approximate surface area is 119 Å². The van der Waals surface area contributed by atoms with Crippen LogP contribution in [0.25, 0.3) is 4.96 Å². The SMILES string of the molecule is C[C@H](c1cn2ccsc2n1)N1Cc2ncccc2C1=O. The normalized spacial score (nSPS) is 15.8. The van der Waals surface area contributed by atoms with Gasteiger partial charge in [0.2, 0.25) is 0 Å². The van der Waals surface area contributed by atoms with E-state index >= 15 is 0 Å². The molecule has 0 fully saturated rings. The summed E-state index contributed by atoms with van der Waals surface area (Å²) in [5, 5.41) is 2.00. The van der Waals surface area contributed by atoms with E-state index in [9.17, 15) is 4.79 Å². The van der Waals surface area contributed by atoms with Crippen molar-refractivity contribution in [2.24, 2.45) is 0 Å². The summed E-state index contributed by atoms with van der Waals surface area (Å²) in [5.74, 6) is 0.0388. The quantitative estimate of drug-likeness (QED) is 0.726. The maximum absolute atomic E-state index is 12.4. The zero-order valence-electron chi connectivity index (χ0n) is 10.9. The number of nitrogens with zero attached hydrogens (tertiary/aromatic N) is 4. The Morgan fingerprint density at radius 2 is 2.35 bits per heavy atom. The molecule has 0 spiro atoms. The summed E-state index contributed by atoms with van der Waals surface area (Å²) < 4.78 is 1.99. The summed E-state index contributed by atoms with van der Waals surface area (Å²) in [7, 11) is 0. The van der Waals surface area contributed by atoms with Crippen LogP contribution in [-0.2, 0) is 6.54 Å². The van der Waals surface area contributed by atoms with Crippen LogP contribution in [0.15, 0.2) is 36.1 Å². The predicted molar refractivity (Wildman–Crippen MR) is 75.6 cm³/mol. The Balaban J connectivity index is 1.69. The number of aromatic nitrogens is 3. The molecule has 0 aromatic carbocycles. The molecule has 100 valence electrons. The average Bonchev–Trinajstić information content (AvgIpc) is 3.11. The van der Waals surface area contributed by atoms with Crippen LogP contribution in [0.4, 0.5) is 0 Å². The van der Waals surface area contributed by atoms with E-state index in [1.165, 1.54) is 0 Å². The van der Waals surface area contributed by atoms with Gasteiger partial charge >= 0.3 is 0 Å². The number of hydrogen-bond donors (Lipinski definition) is 0. The molecular weight excluding hydrogens is 272 g/mol. The summed E-state index contributed by atoms with van der Waals surface area (Å²) in [6.45, 7) is 2.57. The minimum Gasteiger partial charge on any atom is -0.324 e. The van der Waals surface area contributed by atoms with Crippen LogP contribution in [0.5, 0.6) is 0 Å². The molecule has 1 amide bonds. The van der Waals surface area contributed by atoms with Crippen molar-refractivity contribution in [1.29, 1.82) is 0 Å². The largest absolute Gasteiger partial charge is 0.324 e. The van der Waals surface area contributed by atoms with E-state index in [1.807, 2.05) is 40.1 Å². The Morgan fingerprint density at radius 3 is 3.15 bits per heavy atom. The average molecular weight is 284 g/mol. The molecule has 5 nitrogen and oxygen atoms in total. The van der Waals surface area contributed by atoms with Crippen molar-refractivity contribution in [3.8, 4) is 0 Å². The van der Waals surface area contributed by atoms with Gasteiger partial charge in [0.25, 0.3) is 5.91 Å². The number of fused-ring (bicyclic) bond motifs is 2. The highest BCUT2D eigenvalue weighted by atomic mass is 32.1. The second-order valence-corrected chi connectivity index (χ2v) is 5.74. The Kier molecular flexibility index (Phi) is 2.40. The van der Waals surface area contributed by atoms with Gasteiger partial charge in [0.05, 0.1) is 29.5 Å². The van der Waals surface area contributed by atoms with Gasteiger partial charge in [0.1, 0.15) is 0 Å². The number of amides is 1. The molecule has 0 aliphatic carbocycles. The number of imidazole rings is 1. The summed E-state index contributed by atoms with van der Waals surface area (Å²) in [4.78, 5) is 24.1. The third-order valence-electron chi connectivity index (χ3n) is 3.71. The standard InChI is InChI=1S/C14H12N4OS/c1-9(11-7-17-5-6-20-14(17)16-11)18-8-12-10(13(18)19)3-2-4-15-12/h2-7,9H,8H2,1H3/t9-/m1/s1. The second kappa shape index (κ2) is 4.14. The summed E-state index contributed by atoms with van der Waals surface area (Å²) in [5.41, 5.74) is 2.48. The van der Waals surface area contributed by atoms with Gasteiger partial charge in [-0.15, -0.1) is 11.3 Å². The fourth-order valence-electron chi connectivity index (χ4n) is 2.57. The van der Waals surface area contributed by atoms with E-state index in [1.54, 1.807) is 23.6 Å². The van der Waals surface area contributed by atoms with Crippen LogP contribution in [0, 0.1) is 0 Å². The third kappa shape index (κ3) is 1.58. The lowest BCUT2D eigenvalue weighted by Gasteiger charge is -2.22. The van der Waals surface area contributed by atoms with Crippen LogP contribution in [0.3, 0.4) is 0 Å². The summed E-state index contributed by atoms with van der Waals surface area (Å²) >= 11 is 1.59. The van der Waals surface area contributed by atoms with E-state index < -0.39 is 0 Å². The van der Waals surface area contributed by atoms with Gasteiger partial charge in [-0.05, 0) is 19.1 Å². The molecule has 1 aliphatic heterocycles. The monoisotopic (exact) mass is 284 g/mol. The molecule has 0 saturated carbocycles. The Bertz CT molecular complexity index is 778. The first kappa shape index (κ1) is 11.6. The molecule has 4 rings (SSSR count). The summed E-state index contributed by atoms with van der Waals surface area (Å²) in [6.07, 6.45) is 5.69. The van der Waals surface area contributed by atoms with E-state index in [2.05, 4.69) is 9.97 Å². The fourth-order valence-corrected chi connectivity index (χ4v) is 3.27. The molecule has 1 atom stereocenters. The highest BCUT2D eigenvalue weighted by molar-refractivity contribution is 7.15. The van der Waals surface area contributed by atoms with Gasteiger partial charge in [-0.3, -0.25) is 14.2 Å². The van der Waals surface area contributed by atoms with Crippen LogP contribution in [-0.4, -0.2) is 25.2 Å². The number of carbonyl (C=O) groups excluding carboxylic acids is 1. The van der Waals surface area contributed by atoms with Crippen LogP contribution in [0.1, 0.15) is 34.7 Å². The highest BCUT2D eigenvalue weighted by Crippen LogP contribution is 2.30. The van der Waals surface area contributed by atoms with Crippen molar-refractivity contribution in [3.63, 3.8) is 0 Å². The molecule has 0 radical (unpaired) electrons. The van der Waals surface area contributed by atoms with Gasteiger partial charge < -0.3 is 4.90 Å². The lowest BCUT2D eigenvalue weighted by Crippen LogP contribution is -2.27. The fraction of sp³-hybridized carbons (Fsp3) is 0.214. The molecule has 4 heterocycles. The molecule has 3 aromatic rings. The van der Waals surface area contributed by atoms with Gasteiger partial charge in [0.15, 0.2) is 4.96 Å². The topological polar surface area (TPSA) is 50.5 Å². The third-order valence-corrected chi connectivity index (χ3v) is 4.48. The Hall–Kier alpha value is -2.21. The van der Waals surface area contributed by atoms with E-state index in [-0.39, 0.29) is 11.9 Å². The van der Waals surface area contributed by atoms with Crippen LogP contribution in [0.2, 0.25) is 0 Å². The number of carbonyl (C=O) groups is 1. The first-order valence-corrected chi connectivity index (χ1v) is 7.29. The number of pyridine rings is 1. The zero-order chi connectivity index (χ0) is 13.7. The number of rotatable bonds is 2. The molecule has 3 aromatic heterocycles. The lowest BCUT2D eigenvalue weighted by atomic mass is 10.2. The maximum atomic E-state index is 12.4. The van der Waals surface area contributed by atoms with Gasteiger partial charge in [0, 0.05) is 24.0 Å². The van der Waals surface area contributed by atoms with E-state index in [0.717, 1.165) is 16.3 Å². The molecule has 20 heavy (non-hydrogen) atoms.